The Labute approximate surface area is 406 Å². The second-order valence-electron chi connectivity index (χ2n) is 17.5. The minimum Gasteiger partial charge on any atom is -0.324 e. The second-order valence-corrected chi connectivity index (χ2v) is 17.5. The molecule has 2 aliphatic heterocycles. The van der Waals surface area contributed by atoms with Crippen LogP contribution in [0.15, 0.2) is 128 Å². The minimum absolute atomic E-state index is 0.169. The molecule has 0 N–H and O–H groups in total. The van der Waals surface area contributed by atoms with Crippen molar-refractivity contribution in [2.24, 2.45) is 0 Å². The summed E-state index contributed by atoms with van der Waals surface area (Å²) < 4.78 is 68.2. The summed E-state index contributed by atoms with van der Waals surface area (Å²) in [6.45, 7) is 9.09. The zero-order valence-electron chi connectivity index (χ0n) is 39.1. The fourth-order valence-electron chi connectivity index (χ4n) is 8.53. The van der Waals surface area contributed by atoms with Gasteiger partial charge < -0.3 is 18.8 Å². The first-order valence-corrected chi connectivity index (χ1v) is 23.7. The van der Waals surface area contributed by atoms with Crippen molar-refractivity contribution in [3.05, 3.63) is 164 Å². The highest BCUT2D eigenvalue weighted by Gasteiger charge is 2.22. The Kier molecular flexibility index (Phi) is 15.2. The molecular formula is C52H51F4N11O4. The van der Waals surface area contributed by atoms with Crippen molar-refractivity contribution in [2.75, 3.05) is 55.6 Å². The molecule has 2 saturated heterocycles. The maximum Gasteiger partial charge on any atom is 0.324 e. The third-order valence-corrected chi connectivity index (χ3v) is 12.3. The number of nitrogens with zero attached hydrogens (tertiary/aromatic N) is 11. The zero-order valence-corrected chi connectivity index (χ0v) is 39.1. The lowest BCUT2D eigenvalue weighted by Gasteiger charge is -2.33. The first-order valence-electron chi connectivity index (χ1n) is 23.7. The number of aromatic nitrogens is 8. The van der Waals surface area contributed by atoms with Crippen LogP contribution >= 0.6 is 0 Å². The zero-order chi connectivity index (χ0) is 49.3. The lowest BCUT2D eigenvalue weighted by molar-refractivity contribution is 0.247. The molecule has 0 amide bonds. The average Bonchev–Trinajstić information content (AvgIpc) is 4.00. The van der Waals surface area contributed by atoms with Gasteiger partial charge in [-0.05, 0) is 85.5 Å². The fraction of sp³-hybridized carbons (Fsp3) is 0.308. The maximum atomic E-state index is 13.7. The van der Waals surface area contributed by atoms with Gasteiger partial charge in [0.1, 0.15) is 23.3 Å². The summed E-state index contributed by atoms with van der Waals surface area (Å²) >= 11 is 0. The normalized spacial score (nSPS) is 14.3. The van der Waals surface area contributed by atoms with Crippen molar-refractivity contribution in [1.82, 2.24) is 44.7 Å². The van der Waals surface area contributed by atoms with E-state index >= 15 is 0 Å². The van der Waals surface area contributed by atoms with E-state index in [0.717, 1.165) is 93.0 Å². The quantitative estimate of drug-likeness (QED) is 0.101. The van der Waals surface area contributed by atoms with Gasteiger partial charge in [-0.25, -0.2) is 26.9 Å². The van der Waals surface area contributed by atoms with Crippen molar-refractivity contribution < 1.29 is 26.6 Å². The number of benzene rings is 4. The van der Waals surface area contributed by atoms with E-state index in [-0.39, 0.29) is 35.3 Å². The van der Waals surface area contributed by atoms with E-state index in [9.17, 15) is 27.2 Å². The average molecular weight is 970 g/mol. The van der Waals surface area contributed by atoms with Crippen LogP contribution in [0.25, 0.3) is 45.3 Å². The van der Waals surface area contributed by atoms with Crippen LogP contribution in [0.5, 0.6) is 0 Å². The number of unbranched alkanes of at least 4 members (excludes halogenated alkanes) is 1. The van der Waals surface area contributed by atoms with Gasteiger partial charge in [-0.15, -0.1) is 0 Å². The van der Waals surface area contributed by atoms with E-state index in [1.54, 1.807) is 0 Å². The number of halogens is 4. The predicted octanol–water partition coefficient (Wildman–Crippen LogP) is 8.88. The summed E-state index contributed by atoms with van der Waals surface area (Å²) in [5, 5.41) is 16.9. The molecule has 0 saturated carbocycles. The molecule has 19 heteroatoms. The van der Waals surface area contributed by atoms with Crippen LogP contribution in [0, 0.1) is 23.3 Å². The first-order chi connectivity index (χ1) is 34.5. The molecule has 2 fully saturated rings. The molecule has 4 aromatic heterocycles. The van der Waals surface area contributed by atoms with Gasteiger partial charge in [-0.3, -0.25) is 14.5 Å². The lowest BCUT2D eigenvalue weighted by atomic mass is 10.1. The molecule has 0 aliphatic carbocycles. The Bertz CT molecular complexity index is 3170. The van der Waals surface area contributed by atoms with Crippen molar-refractivity contribution in [1.29, 1.82) is 0 Å². The van der Waals surface area contributed by atoms with E-state index in [1.165, 1.54) is 83.6 Å². The van der Waals surface area contributed by atoms with Gasteiger partial charge in [0.05, 0.1) is 24.5 Å². The summed E-state index contributed by atoms with van der Waals surface area (Å²) in [6.07, 6.45) is 7.03. The largest absolute Gasteiger partial charge is 0.324 e. The van der Waals surface area contributed by atoms with Crippen LogP contribution in [0.2, 0.25) is 0 Å². The highest BCUT2D eigenvalue weighted by Crippen LogP contribution is 2.26. The van der Waals surface area contributed by atoms with Gasteiger partial charge in [0.15, 0.2) is 0 Å². The van der Waals surface area contributed by atoms with Crippen LogP contribution in [-0.4, -0.2) is 90.6 Å². The Balaban J connectivity index is 0.000000176. The number of piperazine rings is 1. The molecule has 2 aliphatic rings. The van der Waals surface area contributed by atoms with Crippen LogP contribution in [-0.2, 0) is 13.1 Å². The van der Waals surface area contributed by atoms with Crippen molar-refractivity contribution in [3.8, 4) is 45.3 Å². The number of anilines is 2. The third-order valence-electron chi connectivity index (χ3n) is 12.3. The molecule has 366 valence electrons. The molecule has 8 aromatic rings. The van der Waals surface area contributed by atoms with Crippen LogP contribution < -0.4 is 20.9 Å². The van der Waals surface area contributed by atoms with Crippen LogP contribution in [0.4, 0.5) is 29.6 Å². The van der Waals surface area contributed by atoms with Crippen LogP contribution in [0.1, 0.15) is 56.6 Å². The Morgan fingerprint density at radius 3 is 1.41 bits per heavy atom. The second kappa shape index (κ2) is 22.3. The Morgan fingerprint density at radius 1 is 0.507 bits per heavy atom. The van der Waals surface area contributed by atoms with Gasteiger partial charge in [0.2, 0.25) is 11.6 Å². The standard InChI is InChI=1S/C27H28F2N6O2.C25H23F2N5O2/c1-2-3-9-33-10-12-34(13-11-33)27-30-26(32-37-27)20-6-4-5-19(14-20)18-35-25(36)8-7-24(31-35)21-15-22(28)17-23(29)16-21;26-20-13-19(14-21(27)15-20)22-8-9-23(33)32(29-22)16-17-6-5-7-18(12-17)24-28-25(34-30-24)31-10-3-1-2-4-11-31/h4-8,14-17H,2-3,9-13,18H2,1H3;5-9,12-15H,1-4,10-11,16H2. The molecule has 0 atom stereocenters. The number of hydrogen-bond acceptors (Lipinski definition) is 13. The molecule has 0 unspecified atom stereocenters. The van der Waals surface area contributed by atoms with Crippen molar-refractivity contribution in [2.45, 2.75) is 58.5 Å². The molecule has 10 rings (SSSR count). The van der Waals surface area contributed by atoms with Gasteiger partial charge in [-0.1, -0.05) is 72.9 Å². The van der Waals surface area contributed by atoms with Crippen molar-refractivity contribution >= 4 is 12.0 Å². The fourth-order valence-corrected chi connectivity index (χ4v) is 8.53. The highest BCUT2D eigenvalue weighted by molar-refractivity contribution is 5.60. The van der Waals surface area contributed by atoms with Gasteiger partial charge in [0.25, 0.3) is 11.1 Å². The Hall–Kier alpha value is -7.80. The predicted molar refractivity (Wildman–Crippen MR) is 260 cm³/mol. The van der Waals surface area contributed by atoms with E-state index in [4.69, 9.17) is 9.05 Å². The molecule has 4 aromatic carbocycles. The summed E-state index contributed by atoms with van der Waals surface area (Å²) in [5.41, 5.74) is 3.57. The molecule has 0 spiro atoms. The smallest absolute Gasteiger partial charge is 0.324 e. The lowest BCUT2D eigenvalue weighted by Crippen LogP contribution is -2.46. The van der Waals surface area contributed by atoms with Gasteiger partial charge >= 0.3 is 12.0 Å². The van der Waals surface area contributed by atoms with E-state index in [0.29, 0.717) is 35.1 Å². The van der Waals surface area contributed by atoms with Crippen LogP contribution in [0.3, 0.4) is 0 Å². The number of rotatable bonds is 13. The first kappa shape index (κ1) is 48.2. The molecule has 15 nitrogen and oxygen atoms in total. The molecule has 0 bridgehead atoms. The molecule has 0 radical (unpaired) electrons. The van der Waals surface area contributed by atoms with E-state index in [2.05, 4.69) is 52.1 Å². The SMILES string of the molecule is CCCCN1CCN(c2nc(-c3cccc(Cn4nc(-c5cc(F)cc(F)c5)ccc4=O)c3)no2)CC1.O=c1ccc(-c2cc(F)cc(F)c2)nn1Cc1cccc(-c2noc(N3CCCCCC3)n2)c1. The molecular weight excluding hydrogens is 919 g/mol. The van der Waals surface area contributed by atoms with Crippen molar-refractivity contribution in [3.63, 3.8) is 0 Å². The highest BCUT2D eigenvalue weighted by atomic mass is 19.1. The maximum absolute atomic E-state index is 13.7. The summed E-state index contributed by atoms with van der Waals surface area (Å²) in [7, 11) is 0. The summed E-state index contributed by atoms with van der Waals surface area (Å²) in [4.78, 5) is 40.7. The van der Waals surface area contributed by atoms with E-state index < -0.39 is 23.3 Å². The molecule has 71 heavy (non-hydrogen) atoms. The van der Waals surface area contributed by atoms with Gasteiger partial charge in [-0.2, -0.15) is 20.2 Å². The monoisotopic (exact) mass is 969 g/mol. The Morgan fingerprint density at radius 2 is 0.958 bits per heavy atom. The minimum atomic E-state index is -0.708. The summed E-state index contributed by atoms with van der Waals surface area (Å²) in [5.74, 6) is -1.89. The van der Waals surface area contributed by atoms with Gasteiger partial charge in [0, 0.05) is 85.8 Å². The topological polar surface area (TPSA) is 157 Å². The summed E-state index contributed by atoms with van der Waals surface area (Å²) in [6, 6.07) is 27.8. The van der Waals surface area contributed by atoms with E-state index in [1.807, 2.05) is 48.5 Å². The number of hydrogen-bond donors (Lipinski definition) is 0. The third kappa shape index (κ3) is 12.3. The molecule has 6 heterocycles.